The summed E-state index contributed by atoms with van der Waals surface area (Å²) in [5.74, 6) is -0.518. The average Bonchev–Trinajstić information content (AvgIpc) is 2.69. The van der Waals surface area contributed by atoms with Crippen LogP contribution in [0.2, 0.25) is 0 Å². The number of carbonyl (C=O) groups excluding carboxylic acids is 1. The lowest BCUT2D eigenvalue weighted by Crippen LogP contribution is -2.42. The Morgan fingerprint density at radius 1 is 1.38 bits per heavy atom. The maximum Gasteiger partial charge on any atom is 0.332 e. The zero-order chi connectivity index (χ0) is 15.2. The van der Waals surface area contributed by atoms with Crippen molar-refractivity contribution in [3.8, 4) is 5.75 Å². The second kappa shape index (κ2) is 6.94. The van der Waals surface area contributed by atoms with Crippen LogP contribution in [0, 0.1) is 0 Å². The van der Waals surface area contributed by atoms with Gasteiger partial charge in [-0.1, -0.05) is 18.2 Å². The fourth-order valence-electron chi connectivity index (χ4n) is 2.05. The lowest BCUT2D eigenvalue weighted by Gasteiger charge is -2.20. The van der Waals surface area contributed by atoms with Gasteiger partial charge in [0.15, 0.2) is 6.10 Å². The molecule has 0 saturated carbocycles. The summed E-state index contributed by atoms with van der Waals surface area (Å²) in [5, 5.41) is 20.3. The van der Waals surface area contributed by atoms with E-state index in [0.29, 0.717) is 19.7 Å². The molecular weight excluding hydrogens is 276 g/mol. The van der Waals surface area contributed by atoms with Crippen LogP contribution in [-0.4, -0.2) is 52.9 Å². The highest BCUT2D eigenvalue weighted by molar-refractivity contribution is 5.75. The number of para-hydroxylation sites is 1. The number of urea groups is 1. The monoisotopic (exact) mass is 294 g/mol. The van der Waals surface area contributed by atoms with Crippen LogP contribution < -0.4 is 10.1 Å². The van der Waals surface area contributed by atoms with Gasteiger partial charge in [-0.2, -0.15) is 0 Å². The zero-order valence-electron chi connectivity index (χ0n) is 11.5. The average molecular weight is 294 g/mol. The molecule has 1 unspecified atom stereocenters. The van der Waals surface area contributed by atoms with Crippen LogP contribution in [0.1, 0.15) is 12.0 Å². The third-order valence-electron chi connectivity index (χ3n) is 3.22. The van der Waals surface area contributed by atoms with E-state index in [1.807, 2.05) is 24.3 Å². The summed E-state index contributed by atoms with van der Waals surface area (Å²) in [5.41, 5.74) is 0.927. The summed E-state index contributed by atoms with van der Waals surface area (Å²) >= 11 is 0. The lowest BCUT2D eigenvalue weighted by atomic mass is 10.2. The van der Waals surface area contributed by atoms with E-state index in [1.165, 1.54) is 0 Å². The van der Waals surface area contributed by atoms with Gasteiger partial charge in [-0.25, -0.2) is 9.59 Å². The molecule has 1 aliphatic rings. The van der Waals surface area contributed by atoms with Gasteiger partial charge in [0.05, 0.1) is 13.1 Å². The molecule has 1 heterocycles. The first-order valence-corrected chi connectivity index (χ1v) is 6.72. The SMILES string of the molecule is O=C(O)C(O)CCNC(=O)N1CCOc2ccccc2C1. The molecule has 114 valence electrons. The normalized spacial score (nSPS) is 15.4. The van der Waals surface area contributed by atoms with Crippen molar-refractivity contribution in [2.75, 3.05) is 19.7 Å². The molecule has 1 aliphatic heterocycles. The van der Waals surface area contributed by atoms with Gasteiger partial charge in [0.2, 0.25) is 0 Å². The molecule has 1 aromatic carbocycles. The molecule has 0 aliphatic carbocycles. The third kappa shape index (κ3) is 4.09. The van der Waals surface area contributed by atoms with Crippen molar-refractivity contribution >= 4 is 12.0 Å². The number of rotatable bonds is 4. The molecule has 2 amide bonds. The zero-order valence-corrected chi connectivity index (χ0v) is 11.5. The molecule has 0 spiro atoms. The van der Waals surface area contributed by atoms with Gasteiger partial charge in [0.1, 0.15) is 12.4 Å². The molecule has 0 saturated heterocycles. The maximum absolute atomic E-state index is 12.0. The Morgan fingerprint density at radius 2 is 2.14 bits per heavy atom. The number of ether oxygens (including phenoxy) is 1. The van der Waals surface area contributed by atoms with Gasteiger partial charge < -0.3 is 25.2 Å². The molecule has 0 aromatic heterocycles. The quantitative estimate of drug-likeness (QED) is 0.747. The summed E-state index contributed by atoms with van der Waals surface area (Å²) in [6.45, 7) is 1.39. The number of aliphatic hydroxyl groups is 1. The van der Waals surface area contributed by atoms with Crippen LogP contribution in [0.15, 0.2) is 24.3 Å². The van der Waals surface area contributed by atoms with Crippen molar-refractivity contribution in [3.63, 3.8) is 0 Å². The predicted octanol–water partition coefficient (Wildman–Crippen LogP) is 0.426. The molecule has 21 heavy (non-hydrogen) atoms. The molecular formula is C14H18N2O5. The van der Waals surface area contributed by atoms with Crippen molar-refractivity contribution in [2.45, 2.75) is 19.1 Å². The second-order valence-electron chi connectivity index (χ2n) is 4.75. The Bertz CT molecular complexity index is 520. The maximum atomic E-state index is 12.0. The van der Waals surface area contributed by atoms with E-state index in [0.717, 1.165) is 11.3 Å². The first-order chi connectivity index (χ1) is 10.1. The van der Waals surface area contributed by atoms with Crippen LogP contribution in [0.25, 0.3) is 0 Å². The van der Waals surface area contributed by atoms with Crippen molar-refractivity contribution in [1.82, 2.24) is 10.2 Å². The van der Waals surface area contributed by atoms with Crippen LogP contribution >= 0.6 is 0 Å². The first kappa shape index (κ1) is 15.1. The molecule has 0 fully saturated rings. The first-order valence-electron chi connectivity index (χ1n) is 6.72. The number of benzene rings is 1. The Labute approximate surface area is 122 Å². The highest BCUT2D eigenvalue weighted by Crippen LogP contribution is 2.22. The predicted molar refractivity (Wildman–Crippen MR) is 74.0 cm³/mol. The Morgan fingerprint density at radius 3 is 2.90 bits per heavy atom. The smallest absolute Gasteiger partial charge is 0.332 e. The van der Waals surface area contributed by atoms with Crippen LogP contribution in [0.5, 0.6) is 5.75 Å². The van der Waals surface area contributed by atoms with Crippen LogP contribution in [0.4, 0.5) is 4.79 Å². The van der Waals surface area contributed by atoms with Crippen molar-refractivity contribution in [1.29, 1.82) is 0 Å². The number of aliphatic hydroxyl groups excluding tert-OH is 1. The van der Waals surface area contributed by atoms with E-state index in [1.54, 1.807) is 4.90 Å². The molecule has 1 atom stereocenters. The molecule has 7 nitrogen and oxygen atoms in total. The number of carboxylic acid groups (broad SMARTS) is 1. The van der Waals surface area contributed by atoms with Gasteiger partial charge in [0, 0.05) is 18.5 Å². The third-order valence-corrected chi connectivity index (χ3v) is 3.22. The number of nitrogens with one attached hydrogen (secondary N) is 1. The molecule has 2 rings (SSSR count). The van der Waals surface area contributed by atoms with Gasteiger partial charge in [-0.05, 0) is 6.07 Å². The lowest BCUT2D eigenvalue weighted by molar-refractivity contribution is -0.146. The summed E-state index contributed by atoms with van der Waals surface area (Å²) < 4.78 is 5.56. The van der Waals surface area contributed by atoms with Gasteiger partial charge in [-0.15, -0.1) is 0 Å². The number of amides is 2. The van der Waals surface area contributed by atoms with E-state index in [9.17, 15) is 9.59 Å². The fourth-order valence-corrected chi connectivity index (χ4v) is 2.05. The molecule has 3 N–H and O–H groups in total. The van der Waals surface area contributed by atoms with E-state index in [4.69, 9.17) is 14.9 Å². The number of carboxylic acids is 1. The number of hydrogen-bond acceptors (Lipinski definition) is 4. The minimum atomic E-state index is -1.46. The van der Waals surface area contributed by atoms with Crippen molar-refractivity contribution in [2.24, 2.45) is 0 Å². The molecule has 7 heteroatoms. The van der Waals surface area contributed by atoms with E-state index in [-0.39, 0.29) is 19.0 Å². The Hall–Kier alpha value is -2.28. The molecule has 0 radical (unpaired) electrons. The summed E-state index contributed by atoms with van der Waals surface area (Å²) in [4.78, 5) is 24.1. The molecule has 1 aromatic rings. The van der Waals surface area contributed by atoms with Gasteiger partial charge in [0.25, 0.3) is 0 Å². The van der Waals surface area contributed by atoms with Crippen LogP contribution in [-0.2, 0) is 11.3 Å². The van der Waals surface area contributed by atoms with Gasteiger partial charge in [-0.3, -0.25) is 0 Å². The van der Waals surface area contributed by atoms with Gasteiger partial charge >= 0.3 is 12.0 Å². The number of aliphatic carboxylic acids is 1. The largest absolute Gasteiger partial charge is 0.491 e. The highest BCUT2D eigenvalue weighted by atomic mass is 16.5. The van der Waals surface area contributed by atoms with Crippen molar-refractivity contribution in [3.05, 3.63) is 29.8 Å². The minimum Gasteiger partial charge on any atom is -0.491 e. The topological polar surface area (TPSA) is 99.1 Å². The number of hydrogen-bond donors (Lipinski definition) is 3. The summed E-state index contributed by atoms with van der Waals surface area (Å²) in [7, 11) is 0. The second-order valence-corrected chi connectivity index (χ2v) is 4.75. The number of carbonyl (C=O) groups is 2. The van der Waals surface area contributed by atoms with E-state index in [2.05, 4.69) is 5.32 Å². The highest BCUT2D eigenvalue weighted by Gasteiger charge is 2.20. The number of nitrogens with zero attached hydrogens (tertiary/aromatic N) is 1. The summed E-state index contributed by atoms with van der Waals surface area (Å²) in [6.07, 6.45) is -1.49. The van der Waals surface area contributed by atoms with Crippen LogP contribution in [0.3, 0.4) is 0 Å². The Balaban J connectivity index is 1.87. The summed E-state index contributed by atoms with van der Waals surface area (Å²) in [6, 6.07) is 7.22. The van der Waals surface area contributed by atoms with E-state index < -0.39 is 12.1 Å². The van der Waals surface area contributed by atoms with E-state index >= 15 is 0 Å². The fraction of sp³-hybridized carbons (Fsp3) is 0.429. The Kier molecular flexibility index (Phi) is 4.99. The van der Waals surface area contributed by atoms with Crippen molar-refractivity contribution < 1.29 is 24.5 Å². The standard InChI is InChI=1S/C14H18N2O5/c17-11(13(18)19)5-6-15-14(20)16-7-8-21-12-4-2-1-3-10(12)9-16/h1-4,11,17H,5-9H2,(H,15,20)(H,18,19). The molecule has 0 bridgehead atoms. The number of fused-ring (bicyclic) bond motifs is 1. The minimum absolute atomic E-state index is 0.0258.